The van der Waals surface area contributed by atoms with E-state index in [2.05, 4.69) is 15.3 Å². The molecule has 4 nitrogen and oxygen atoms in total. The maximum atomic E-state index is 12.6. The van der Waals surface area contributed by atoms with Crippen molar-refractivity contribution in [1.29, 1.82) is 0 Å². The Labute approximate surface area is 118 Å². The Balaban J connectivity index is 2.32. The molecule has 2 rings (SSSR count). The summed E-state index contributed by atoms with van der Waals surface area (Å²) in [4.78, 5) is 8.20. The Hall–Kier alpha value is -1.41. The summed E-state index contributed by atoms with van der Waals surface area (Å²) in [6.45, 7) is 2.69. The highest BCUT2D eigenvalue weighted by Crippen LogP contribution is 2.35. The average Bonchev–Trinajstić information content (AvgIpc) is 2.99. The van der Waals surface area contributed by atoms with Crippen LogP contribution < -0.4 is 5.32 Å². The lowest BCUT2D eigenvalue weighted by Gasteiger charge is -2.16. The van der Waals surface area contributed by atoms with Gasteiger partial charge >= 0.3 is 6.18 Å². The molecule has 8 heteroatoms. The lowest BCUT2D eigenvalue weighted by Crippen LogP contribution is -2.25. The van der Waals surface area contributed by atoms with E-state index in [1.807, 2.05) is 14.0 Å². The number of aromatic nitrogens is 3. The van der Waals surface area contributed by atoms with Gasteiger partial charge in [0.1, 0.15) is 11.9 Å². The number of imidazole rings is 1. The maximum Gasteiger partial charge on any atom is 0.443 e. The summed E-state index contributed by atoms with van der Waals surface area (Å²) >= 11 is 0.653. The highest BCUT2D eigenvalue weighted by Gasteiger charge is 2.35. The zero-order valence-corrected chi connectivity index (χ0v) is 11.9. The molecule has 0 amide bonds. The van der Waals surface area contributed by atoms with Gasteiger partial charge in [-0.2, -0.15) is 13.2 Å². The van der Waals surface area contributed by atoms with Crippen molar-refractivity contribution in [3.05, 3.63) is 34.3 Å². The topological polar surface area (TPSA) is 42.7 Å². The molecule has 0 spiro atoms. The molecule has 0 aromatic carbocycles. The molecule has 2 aromatic rings. The zero-order valence-electron chi connectivity index (χ0n) is 11.1. The summed E-state index contributed by atoms with van der Waals surface area (Å²) in [5.74, 6) is 0.677. The van der Waals surface area contributed by atoms with E-state index in [4.69, 9.17) is 0 Å². The van der Waals surface area contributed by atoms with Crippen molar-refractivity contribution in [3.63, 3.8) is 0 Å². The van der Waals surface area contributed by atoms with E-state index < -0.39 is 11.2 Å². The first kappa shape index (κ1) is 15.0. The van der Waals surface area contributed by atoms with Crippen LogP contribution in [0.1, 0.15) is 35.1 Å². The minimum Gasteiger partial charge on any atom is -0.336 e. The number of halogens is 3. The number of hydrogen-bond donors (Lipinski definition) is 1. The number of alkyl halides is 3. The van der Waals surface area contributed by atoms with E-state index in [1.54, 1.807) is 17.0 Å². The quantitative estimate of drug-likeness (QED) is 0.923. The van der Waals surface area contributed by atoms with Crippen molar-refractivity contribution in [2.45, 2.75) is 25.6 Å². The van der Waals surface area contributed by atoms with E-state index in [0.29, 0.717) is 28.6 Å². The summed E-state index contributed by atoms with van der Waals surface area (Å²) in [7, 11) is 1.81. The first-order valence-electron chi connectivity index (χ1n) is 6.17. The SMILES string of the molecule is CCCNC(c1cnc(C(F)(F)F)s1)c1nccn1C. The van der Waals surface area contributed by atoms with Crippen molar-refractivity contribution >= 4 is 11.3 Å². The molecule has 0 fully saturated rings. The van der Waals surface area contributed by atoms with Crippen LogP contribution in [0.3, 0.4) is 0 Å². The second-order valence-electron chi connectivity index (χ2n) is 4.35. The third kappa shape index (κ3) is 3.18. The van der Waals surface area contributed by atoms with Gasteiger partial charge in [0.15, 0.2) is 5.01 Å². The molecule has 0 radical (unpaired) electrons. The van der Waals surface area contributed by atoms with Gasteiger partial charge in [0.05, 0.1) is 0 Å². The highest BCUT2D eigenvalue weighted by molar-refractivity contribution is 7.11. The number of hydrogen-bond acceptors (Lipinski definition) is 4. The Bertz CT molecular complexity index is 561. The van der Waals surface area contributed by atoms with Crippen molar-refractivity contribution in [1.82, 2.24) is 19.9 Å². The van der Waals surface area contributed by atoms with Crippen molar-refractivity contribution in [2.24, 2.45) is 7.05 Å². The Morgan fingerprint density at radius 3 is 2.65 bits per heavy atom. The summed E-state index contributed by atoms with van der Waals surface area (Å²) in [5, 5.41) is 2.38. The summed E-state index contributed by atoms with van der Waals surface area (Å²) < 4.78 is 39.7. The van der Waals surface area contributed by atoms with Crippen LogP contribution in [-0.2, 0) is 13.2 Å². The highest BCUT2D eigenvalue weighted by atomic mass is 32.1. The molecular formula is C12H15F3N4S. The molecule has 20 heavy (non-hydrogen) atoms. The van der Waals surface area contributed by atoms with E-state index >= 15 is 0 Å². The van der Waals surface area contributed by atoms with Gasteiger partial charge in [-0.05, 0) is 13.0 Å². The number of rotatable bonds is 5. The predicted molar refractivity (Wildman–Crippen MR) is 70.5 cm³/mol. The summed E-state index contributed by atoms with van der Waals surface area (Å²) in [6, 6.07) is -0.372. The fourth-order valence-corrected chi connectivity index (χ4v) is 2.67. The number of thiazole rings is 1. The molecule has 110 valence electrons. The van der Waals surface area contributed by atoms with E-state index in [-0.39, 0.29) is 6.04 Å². The molecule has 2 aromatic heterocycles. The largest absolute Gasteiger partial charge is 0.443 e. The fourth-order valence-electron chi connectivity index (χ4n) is 1.81. The monoisotopic (exact) mass is 304 g/mol. The molecular weight excluding hydrogens is 289 g/mol. The van der Waals surface area contributed by atoms with Gasteiger partial charge in [0.2, 0.25) is 0 Å². The molecule has 2 heterocycles. The smallest absolute Gasteiger partial charge is 0.336 e. The molecule has 0 saturated carbocycles. The van der Waals surface area contributed by atoms with Crippen LogP contribution in [0.4, 0.5) is 13.2 Å². The van der Waals surface area contributed by atoms with Crippen LogP contribution in [0.5, 0.6) is 0 Å². The van der Waals surface area contributed by atoms with Gasteiger partial charge < -0.3 is 9.88 Å². The van der Waals surface area contributed by atoms with Crippen molar-refractivity contribution in [3.8, 4) is 0 Å². The molecule has 1 atom stereocenters. The summed E-state index contributed by atoms with van der Waals surface area (Å²) in [5.41, 5.74) is 0. The predicted octanol–water partition coefficient (Wildman–Crippen LogP) is 2.98. The summed E-state index contributed by atoms with van der Waals surface area (Å²) in [6.07, 6.45) is 1.14. The molecule has 0 aliphatic heterocycles. The first-order valence-corrected chi connectivity index (χ1v) is 6.98. The maximum absolute atomic E-state index is 12.6. The van der Waals surface area contributed by atoms with Crippen LogP contribution in [0, 0.1) is 0 Å². The van der Waals surface area contributed by atoms with Crippen molar-refractivity contribution < 1.29 is 13.2 Å². The van der Waals surface area contributed by atoms with E-state index in [9.17, 15) is 13.2 Å². The van der Waals surface area contributed by atoms with Gasteiger partial charge in [-0.25, -0.2) is 9.97 Å². The van der Waals surface area contributed by atoms with Crippen LogP contribution in [0.25, 0.3) is 0 Å². The van der Waals surface area contributed by atoms with Crippen LogP contribution in [0.15, 0.2) is 18.6 Å². The Kier molecular flexibility index (Phi) is 4.44. The normalized spacial score (nSPS) is 13.7. The molecule has 0 bridgehead atoms. The van der Waals surface area contributed by atoms with Gasteiger partial charge in [-0.3, -0.25) is 0 Å². The Morgan fingerprint density at radius 1 is 1.40 bits per heavy atom. The third-order valence-corrected chi connectivity index (χ3v) is 3.87. The van der Waals surface area contributed by atoms with E-state index in [0.717, 1.165) is 6.42 Å². The van der Waals surface area contributed by atoms with Crippen LogP contribution >= 0.6 is 11.3 Å². The minimum absolute atomic E-state index is 0.372. The van der Waals surface area contributed by atoms with Crippen LogP contribution in [-0.4, -0.2) is 21.1 Å². The second kappa shape index (κ2) is 5.92. The molecule has 0 saturated heterocycles. The lowest BCUT2D eigenvalue weighted by molar-refractivity contribution is -0.137. The standard InChI is InChI=1S/C12H15F3N4S/c1-3-4-16-9(10-17-5-6-19(10)2)8-7-18-11(20-8)12(13,14)15/h5-7,9,16H,3-4H2,1-2H3. The van der Waals surface area contributed by atoms with Crippen LogP contribution in [0.2, 0.25) is 0 Å². The van der Waals surface area contributed by atoms with E-state index in [1.165, 1.54) is 6.20 Å². The minimum atomic E-state index is -4.40. The zero-order chi connectivity index (χ0) is 14.8. The van der Waals surface area contributed by atoms with Gasteiger partial charge in [-0.1, -0.05) is 6.92 Å². The first-order chi connectivity index (χ1) is 9.43. The lowest BCUT2D eigenvalue weighted by atomic mass is 10.2. The molecule has 1 unspecified atom stereocenters. The number of aryl methyl sites for hydroxylation is 1. The average molecular weight is 304 g/mol. The molecule has 0 aliphatic rings. The third-order valence-electron chi connectivity index (χ3n) is 2.77. The second-order valence-corrected chi connectivity index (χ2v) is 5.41. The van der Waals surface area contributed by atoms with Gasteiger partial charge in [0, 0.05) is 30.5 Å². The van der Waals surface area contributed by atoms with Crippen molar-refractivity contribution in [2.75, 3.05) is 6.54 Å². The van der Waals surface area contributed by atoms with Gasteiger partial charge in [0.25, 0.3) is 0 Å². The fraction of sp³-hybridized carbons (Fsp3) is 0.500. The number of nitrogens with one attached hydrogen (secondary N) is 1. The molecule has 1 N–H and O–H groups in total. The Morgan fingerprint density at radius 2 is 2.15 bits per heavy atom. The molecule has 0 aliphatic carbocycles. The number of nitrogens with zero attached hydrogens (tertiary/aromatic N) is 3. The van der Waals surface area contributed by atoms with Gasteiger partial charge in [-0.15, -0.1) is 11.3 Å².